The van der Waals surface area contributed by atoms with Gasteiger partial charge in [-0.3, -0.25) is 0 Å². The summed E-state index contributed by atoms with van der Waals surface area (Å²) in [6.45, 7) is 4.04. The Morgan fingerprint density at radius 2 is 2.18 bits per heavy atom. The highest BCUT2D eigenvalue weighted by Gasteiger charge is 2.22. The zero-order chi connectivity index (χ0) is 12.4. The molecule has 5 heteroatoms. The van der Waals surface area contributed by atoms with Crippen LogP contribution in [-0.4, -0.2) is 50.2 Å². The summed E-state index contributed by atoms with van der Waals surface area (Å²) in [5, 5.41) is 3.32. The second-order valence-electron chi connectivity index (χ2n) is 4.75. The lowest BCUT2D eigenvalue weighted by Crippen LogP contribution is -2.30. The maximum atomic E-state index is 4.53. The standard InChI is InChI=1S/C12H21N5/c1-9-14-11(16(3)4)7-12(15-9)17-6-5-10(8-17)13-2/h7,10,13H,5-6,8H2,1-4H3. The highest BCUT2D eigenvalue weighted by Crippen LogP contribution is 2.21. The summed E-state index contributed by atoms with van der Waals surface area (Å²) >= 11 is 0. The van der Waals surface area contributed by atoms with Crippen LogP contribution in [0.2, 0.25) is 0 Å². The minimum absolute atomic E-state index is 0.577. The van der Waals surface area contributed by atoms with Gasteiger partial charge in [-0.15, -0.1) is 0 Å². The number of hydrogen-bond acceptors (Lipinski definition) is 5. The monoisotopic (exact) mass is 235 g/mol. The fourth-order valence-electron chi connectivity index (χ4n) is 2.13. The molecule has 0 spiro atoms. The average molecular weight is 235 g/mol. The summed E-state index contributed by atoms with van der Waals surface area (Å²) in [4.78, 5) is 13.3. The number of likely N-dealkylation sites (N-methyl/N-ethyl adjacent to an activating group) is 1. The zero-order valence-electron chi connectivity index (χ0n) is 11.1. The van der Waals surface area contributed by atoms with Crippen LogP contribution in [0.1, 0.15) is 12.2 Å². The topological polar surface area (TPSA) is 44.3 Å². The summed E-state index contributed by atoms with van der Waals surface area (Å²) in [5.74, 6) is 2.85. The summed E-state index contributed by atoms with van der Waals surface area (Å²) in [6.07, 6.45) is 1.18. The quantitative estimate of drug-likeness (QED) is 0.833. The van der Waals surface area contributed by atoms with Crippen molar-refractivity contribution in [2.75, 3.05) is 44.0 Å². The van der Waals surface area contributed by atoms with E-state index in [1.165, 1.54) is 6.42 Å². The Balaban J connectivity index is 2.21. The molecule has 0 amide bonds. The second kappa shape index (κ2) is 4.87. The molecule has 0 saturated carbocycles. The molecule has 1 N–H and O–H groups in total. The molecule has 1 aliphatic heterocycles. The fraction of sp³-hybridized carbons (Fsp3) is 0.667. The van der Waals surface area contributed by atoms with Crippen LogP contribution >= 0.6 is 0 Å². The van der Waals surface area contributed by atoms with Gasteiger partial charge in [-0.2, -0.15) is 0 Å². The third-order valence-electron chi connectivity index (χ3n) is 3.19. The summed E-state index contributed by atoms with van der Waals surface area (Å²) < 4.78 is 0. The summed E-state index contributed by atoms with van der Waals surface area (Å²) in [7, 11) is 6.03. The van der Waals surface area contributed by atoms with E-state index in [9.17, 15) is 0 Å². The Bertz CT molecular complexity index is 390. The average Bonchev–Trinajstić information content (AvgIpc) is 2.76. The maximum Gasteiger partial charge on any atom is 0.134 e. The van der Waals surface area contributed by atoms with Gasteiger partial charge in [0.25, 0.3) is 0 Å². The van der Waals surface area contributed by atoms with E-state index in [2.05, 4.69) is 26.3 Å². The van der Waals surface area contributed by atoms with Crippen molar-refractivity contribution in [2.45, 2.75) is 19.4 Å². The first kappa shape index (κ1) is 12.1. The number of aromatic nitrogens is 2. The fourth-order valence-corrected chi connectivity index (χ4v) is 2.13. The van der Waals surface area contributed by atoms with Crippen LogP contribution in [0.25, 0.3) is 0 Å². The molecule has 0 bridgehead atoms. The number of nitrogens with zero attached hydrogens (tertiary/aromatic N) is 4. The third-order valence-corrected chi connectivity index (χ3v) is 3.19. The lowest BCUT2D eigenvalue weighted by atomic mass is 10.3. The minimum Gasteiger partial charge on any atom is -0.363 e. The van der Waals surface area contributed by atoms with Crippen LogP contribution in [0.15, 0.2) is 6.07 Å². The van der Waals surface area contributed by atoms with E-state index in [4.69, 9.17) is 0 Å². The number of aryl methyl sites for hydroxylation is 1. The van der Waals surface area contributed by atoms with Crippen molar-refractivity contribution >= 4 is 11.6 Å². The Labute approximate surface area is 103 Å². The second-order valence-corrected chi connectivity index (χ2v) is 4.75. The molecule has 94 valence electrons. The van der Waals surface area contributed by atoms with Crippen molar-refractivity contribution in [1.82, 2.24) is 15.3 Å². The summed E-state index contributed by atoms with van der Waals surface area (Å²) in [5.41, 5.74) is 0. The molecule has 0 aliphatic carbocycles. The number of nitrogens with one attached hydrogen (secondary N) is 1. The van der Waals surface area contributed by atoms with Crippen LogP contribution in [0.3, 0.4) is 0 Å². The lowest BCUT2D eigenvalue weighted by Gasteiger charge is -2.20. The molecule has 2 rings (SSSR count). The summed E-state index contributed by atoms with van der Waals surface area (Å²) in [6, 6.07) is 2.64. The van der Waals surface area contributed by atoms with Gasteiger partial charge in [0.05, 0.1) is 0 Å². The van der Waals surface area contributed by atoms with Gasteiger partial charge in [-0.05, 0) is 20.4 Å². The molecular formula is C12H21N5. The molecule has 5 nitrogen and oxygen atoms in total. The molecule has 2 heterocycles. The first-order valence-electron chi connectivity index (χ1n) is 6.05. The Morgan fingerprint density at radius 1 is 1.41 bits per heavy atom. The highest BCUT2D eigenvalue weighted by molar-refractivity contribution is 5.51. The van der Waals surface area contributed by atoms with Gasteiger partial charge in [0.15, 0.2) is 0 Å². The van der Waals surface area contributed by atoms with Crippen molar-refractivity contribution in [3.05, 3.63) is 11.9 Å². The van der Waals surface area contributed by atoms with E-state index >= 15 is 0 Å². The van der Waals surface area contributed by atoms with Gasteiger partial charge < -0.3 is 15.1 Å². The van der Waals surface area contributed by atoms with Crippen molar-refractivity contribution in [3.63, 3.8) is 0 Å². The molecule has 1 atom stereocenters. The van der Waals surface area contributed by atoms with E-state index in [-0.39, 0.29) is 0 Å². The first-order chi connectivity index (χ1) is 8.10. The molecule has 1 aliphatic rings. The van der Waals surface area contributed by atoms with Crippen LogP contribution < -0.4 is 15.1 Å². The van der Waals surface area contributed by atoms with Crippen molar-refractivity contribution in [2.24, 2.45) is 0 Å². The van der Waals surface area contributed by atoms with Crippen molar-refractivity contribution in [3.8, 4) is 0 Å². The maximum absolute atomic E-state index is 4.53. The zero-order valence-corrected chi connectivity index (χ0v) is 11.1. The van der Waals surface area contributed by atoms with Gasteiger partial charge in [0, 0.05) is 39.3 Å². The van der Waals surface area contributed by atoms with Crippen LogP contribution in [0.5, 0.6) is 0 Å². The van der Waals surface area contributed by atoms with Gasteiger partial charge in [0.2, 0.25) is 0 Å². The van der Waals surface area contributed by atoms with Gasteiger partial charge in [-0.25, -0.2) is 9.97 Å². The van der Waals surface area contributed by atoms with E-state index in [0.29, 0.717) is 6.04 Å². The van der Waals surface area contributed by atoms with Gasteiger partial charge in [0.1, 0.15) is 17.5 Å². The number of hydrogen-bond donors (Lipinski definition) is 1. The molecule has 0 aromatic carbocycles. The number of rotatable bonds is 3. The molecule has 17 heavy (non-hydrogen) atoms. The number of anilines is 2. The van der Waals surface area contributed by atoms with Crippen molar-refractivity contribution in [1.29, 1.82) is 0 Å². The van der Waals surface area contributed by atoms with Crippen molar-refractivity contribution < 1.29 is 0 Å². The largest absolute Gasteiger partial charge is 0.363 e. The molecular weight excluding hydrogens is 214 g/mol. The predicted octanol–water partition coefficient (Wildman–Crippen LogP) is 0.649. The smallest absolute Gasteiger partial charge is 0.134 e. The van der Waals surface area contributed by atoms with Gasteiger partial charge >= 0.3 is 0 Å². The van der Waals surface area contributed by atoms with E-state index in [1.54, 1.807) is 0 Å². The molecule has 1 aromatic heterocycles. The molecule has 1 unspecified atom stereocenters. The van der Waals surface area contributed by atoms with E-state index in [1.807, 2.05) is 33.0 Å². The predicted molar refractivity (Wildman–Crippen MR) is 70.8 cm³/mol. The SMILES string of the molecule is CNC1CCN(c2cc(N(C)C)nc(C)n2)C1. The molecule has 0 radical (unpaired) electrons. The van der Waals surface area contributed by atoms with Crippen LogP contribution in [0.4, 0.5) is 11.6 Å². The first-order valence-corrected chi connectivity index (χ1v) is 6.05. The Hall–Kier alpha value is -1.36. The van der Waals surface area contributed by atoms with Crippen LogP contribution in [0, 0.1) is 6.92 Å². The normalized spacial score (nSPS) is 19.8. The third kappa shape index (κ3) is 2.66. The Kier molecular flexibility index (Phi) is 3.47. The van der Waals surface area contributed by atoms with Gasteiger partial charge in [-0.1, -0.05) is 0 Å². The Morgan fingerprint density at radius 3 is 2.76 bits per heavy atom. The molecule has 1 saturated heterocycles. The minimum atomic E-state index is 0.577. The molecule has 1 fully saturated rings. The highest BCUT2D eigenvalue weighted by atomic mass is 15.3. The lowest BCUT2D eigenvalue weighted by molar-refractivity contribution is 0.616. The van der Waals surface area contributed by atoms with Crippen LogP contribution in [-0.2, 0) is 0 Å². The van der Waals surface area contributed by atoms with E-state index < -0.39 is 0 Å². The van der Waals surface area contributed by atoms with E-state index in [0.717, 1.165) is 30.5 Å². The molecule has 1 aromatic rings.